The molecule has 6 nitrogen and oxygen atoms in total. The summed E-state index contributed by atoms with van der Waals surface area (Å²) in [4.78, 5) is 39.8. The second-order valence-electron chi connectivity index (χ2n) is 8.54. The summed E-state index contributed by atoms with van der Waals surface area (Å²) in [5.41, 5.74) is 3.42. The normalized spacial score (nSPS) is 22.4. The van der Waals surface area contributed by atoms with Gasteiger partial charge in [0.2, 0.25) is 0 Å². The summed E-state index contributed by atoms with van der Waals surface area (Å²) in [6.07, 6.45) is 2.77. The maximum Gasteiger partial charge on any atom is 0.325 e. The summed E-state index contributed by atoms with van der Waals surface area (Å²) in [5, 5.41) is -0.453. The second kappa shape index (κ2) is 7.86. The molecule has 7 heteroatoms. The highest BCUT2D eigenvalue weighted by Gasteiger charge is 2.38. The fourth-order valence-electron chi connectivity index (χ4n) is 4.52. The Labute approximate surface area is 176 Å². The fraction of sp³-hybridized carbons (Fsp3) is 0.500. The van der Waals surface area contributed by atoms with Crippen molar-refractivity contribution in [2.75, 3.05) is 18.6 Å². The maximum atomic E-state index is 12.6. The fourth-order valence-corrected chi connectivity index (χ4v) is 5.36. The number of nitrogens with zero attached hydrogens (tertiary/aromatic N) is 2. The number of hydrogen-bond acceptors (Lipinski definition) is 6. The summed E-state index contributed by atoms with van der Waals surface area (Å²) in [7, 11) is 1.23. The standard InChI is InChI=1S/C22H28N2O4S/c1-13(2)24-17-8-7-15(9-16(17)14(3)11-22(24,4)5)10-18-20(26)23(21(27)29-18)12-19(25)28-6/h7-10,13-14H,11-12H2,1-6H3/b18-10+. The van der Waals surface area contributed by atoms with Crippen LogP contribution in [0.15, 0.2) is 23.1 Å². The molecule has 156 valence electrons. The Morgan fingerprint density at radius 3 is 2.66 bits per heavy atom. The zero-order valence-corrected chi connectivity index (χ0v) is 18.6. The van der Waals surface area contributed by atoms with Gasteiger partial charge in [0.15, 0.2) is 0 Å². The van der Waals surface area contributed by atoms with Gasteiger partial charge in [-0.1, -0.05) is 13.0 Å². The highest BCUT2D eigenvalue weighted by molar-refractivity contribution is 8.18. The second-order valence-corrected chi connectivity index (χ2v) is 9.54. The Hall–Kier alpha value is -2.28. The van der Waals surface area contributed by atoms with Gasteiger partial charge in [0.25, 0.3) is 11.1 Å². The highest BCUT2D eigenvalue weighted by atomic mass is 32.2. The quantitative estimate of drug-likeness (QED) is 0.535. The Morgan fingerprint density at radius 2 is 2.03 bits per heavy atom. The molecule has 1 atom stereocenters. The molecule has 1 aromatic carbocycles. The number of imide groups is 1. The molecule has 1 unspecified atom stereocenters. The number of esters is 1. The molecule has 2 aliphatic rings. The number of methoxy groups -OCH3 is 1. The van der Waals surface area contributed by atoms with Gasteiger partial charge in [-0.25, -0.2) is 0 Å². The summed E-state index contributed by atoms with van der Waals surface area (Å²) in [5.74, 6) is -0.689. The van der Waals surface area contributed by atoms with E-state index >= 15 is 0 Å². The molecule has 1 saturated heterocycles. The molecule has 0 N–H and O–H groups in total. The van der Waals surface area contributed by atoms with Crippen LogP contribution in [0.5, 0.6) is 0 Å². The molecule has 0 aromatic heterocycles. The van der Waals surface area contributed by atoms with E-state index in [1.165, 1.54) is 18.4 Å². The van der Waals surface area contributed by atoms with E-state index in [0.717, 1.165) is 28.6 Å². The van der Waals surface area contributed by atoms with Gasteiger partial charge in [-0.15, -0.1) is 0 Å². The summed E-state index contributed by atoms with van der Waals surface area (Å²) in [6.45, 7) is 10.8. The number of hydrogen-bond donors (Lipinski definition) is 0. The minimum Gasteiger partial charge on any atom is -0.468 e. The molecule has 0 spiro atoms. The monoisotopic (exact) mass is 416 g/mol. The zero-order chi connectivity index (χ0) is 21.5. The minimum atomic E-state index is -0.618. The number of fused-ring (bicyclic) bond motifs is 1. The summed E-state index contributed by atoms with van der Waals surface area (Å²) in [6, 6.07) is 6.57. The predicted octanol–water partition coefficient (Wildman–Crippen LogP) is 4.40. The van der Waals surface area contributed by atoms with Crippen molar-refractivity contribution in [1.29, 1.82) is 0 Å². The lowest BCUT2D eigenvalue weighted by molar-refractivity contribution is -0.143. The van der Waals surface area contributed by atoms with Crippen LogP contribution in [-0.2, 0) is 14.3 Å². The van der Waals surface area contributed by atoms with Crippen LogP contribution in [0.1, 0.15) is 58.1 Å². The number of carbonyl (C=O) groups excluding carboxylic acids is 3. The van der Waals surface area contributed by atoms with Crippen molar-refractivity contribution in [3.8, 4) is 0 Å². The lowest BCUT2D eigenvalue weighted by Crippen LogP contribution is -2.51. The number of thioether (sulfide) groups is 1. The van der Waals surface area contributed by atoms with E-state index in [-0.39, 0.29) is 12.1 Å². The van der Waals surface area contributed by atoms with Gasteiger partial charge >= 0.3 is 5.97 Å². The van der Waals surface area contributed by atoms with Crippen LogP contribution < -0.4 is 4.90 Å². The molecule has 0 saturated carbocycles. The Bertz CT molecular complexity index is 891. The first kappa shape index (κ1) is 21.4. The van der Waals surface area contributed by atoms with Gasteiger partial charge < -0.3 is 9.64 Å². The van der Waals surface area contributed by atoms with E-state index in [0.29, 0.717) is 16.9 Å². The van der Waals surface area contributed by atoms with Crippen LogP contribution in [0.2, 0.25) is 0 Å². The molecule has 2 heterocycles. The third-order valence-corrected chi connectivity index (χ3v) is 6.41. The van der Waals surface area contributed by atoms with Crippen molar-refractivity contribution in [2.45, 2.75) is 58.5 Å². The van der Waals surface area contributed by atoms with Gasteiger partial charge in [0.05, 0.1) is 12.0 Å². The van der Waals surface area contributed by atoms with Crippen molar-refractivity contribution < 1.29 is 19.1 Å². The minimum absolute atomic E-state index is 0.0681. The third-order valence-electron chi connectivity index (χ3n) is 5.50. The van der Waals surface area contributed by atoms with Crippen LogP contribution in [0.25, 0.3) is 6.08 Å². The SMILES string of the molecule is COC(=O)CN1C(=O)S/C(=C/c2ccc3c(c2)C(C)CC(C)(C)N3C(C)C)C1=O. The highest BCUT2D eigenvalue weighted by Crippen LogP contribution is 2.45. The molecule has 29 heavy (non-hydrogen) atoms. The lowest BCUT2D eigenvalue weighted by Gasteiger charge is -2.50. The number of ether oxygens (including phenoxy) is 1. The molecular weight excluding hydrogens is 388 g/mol. The maximum absolute atomic E-state index is 12.6. The molecule has 1 aromatic rings. The van der Waals surface area contributed by atoms with E-state index in [1.807, 2.05) is 6.07 Å². The number of benzene rings is 1. The van der Waals surface area contributed by atoms with Gasteiger partial charge in [-0.3, -0.25) is 19.3 Å². The van der Waals surface area contributed by atoms with E-state index < -0.39 is 17.1 Å². The lowest BCUT2D eigenvalue weighted by atomic mass is 9.79. The van der Waals surface area contributed by atoms with Crippen LogP contribution in [0, 0.1) is 0 Å². The molecule has 3 rings (SSSR count). The van der Waals surface area contributed by atoms with Crippen molar-refractivity contribution in [1.82, 2.24) is 4.90 Å². The van der Waals surface area contributed by atoms with Gasteiger partial charge in [-0.2, -0.15) is 0 Å². The summed E-state index contributed by atoms with van der Waals surface area (Å²) < 4.78 is 4.56. The first-order valence-electron chi connectivity index (χ1n) is 9.80. The number of rotatable bonds is 4. The zero-order valence-electron chi connectivity index (χ0n) is 17.8. The first-order chi connectivity index (χ1) is 13.5. The molecule has 0 aliphatic carbocycles. The third kappa shape index (κ3) is 4.06. The van der Waals surface area contributed by atoms with Gasteiger partial charge in [-0.05, 0) is 81.1 Å². The van der Waals surface area contributed by atoms with Crippen molar-refractivity contribution in [2.24, 2.45) is 0 Å². The average molecular weight is 417 g/mol. The molecule has 2 amide bonds. The van der Waals surface area contributed by atoms with Crippen LogP contribution in [-0.4, -0.2) is 47.3 Å². The van der Waals surface area contributed by atoms with Crippen molar-refractivity contribution in [3.05, 3.63) is 34.2 Å². The molecule has 0 bridgehead atoms. The van der Waals surface area contributed by atoms with Crippen LogP contribution in [0.4, 0.5) is 10.5 Å². The topological polar surface area (TPSA) is 66.9 Å². The molecular formula is C22H28N2O4S. The largest absolute Gasteiger partial charge is 0.468 e. The molecule has 1 fully saturated rings. The Balaban J connectivity index is 1.93. The van der Waals surface area contributed by atoms with Crippen molar-refractivity contribution >= 4 is 40.6 Å². The number of amides is 2. The average Bonchev–Trinajstić information content (AvgIpc) is 2.88. The Morgan fingerprint density at radius 1 is 1.34 bits per heavy atom. The van der Waals surface area contributed by atoms with Gasteiger partial charge in [0, 0.05) is 17.3 Å². The first-order valence-corrected chi connectivity index (χ1v) is 10.6. The van der Waals surface area contributed by atoms with E-state index in [1.54, 1.807) is 6.08 Å². The van der Waals surface area contributed by atoms with E-state index in [4.69, 9.17) is 0 Å². The van der Waals surface area contributed by atoms with E-state index in [2.05, 4.69) is 56.4 Å². The number of carbonyl (C=O) groups is 3. The predicted molar refractivity (Wildman–Crippen MR) is 116 cm³/mol. The summed E-state index contributed by atoms with van der Waals surface area (Å²) >= 11 is 0.853. The van der Waals surface area contributed by atoms with Gasteiger partial charge in [0.1, 0.15) is 6.54 Å². The van der Waals surface area contributed by atoms with E-state index in [9.17, 15) is 14.4 Å². The van der Waals surface area contributed by atoms with Crippen LogP contribution in [0.3, 0.4) is 0 Å². The van der Waals surface area contributed by atoms with Crippen molar-refractivity contribution in [3.63, 3.8) is 0 Å². The number of anilines is 1. The molecule has 2 aliphatic heterocycles. The Kier molecular flexibility index (Phi) is 5.81. The molecule has 0 radical (unpaired) electrons. The van der Waals surface area contributed by atoms with Crippen LogP contribution >= 0.6 is 11.8 Å². The smallest absolute Gasteiger partial charge is 0.325 e.